The highest BCUT2D eigenvalue weighted by Gasteiger charge is 2.14. The second-order valence-electron chi connectivity index (χ2n) is 4.67. The maximum Gasteiger partial charge on any atom is 0.307 e. The summed E-state index contributed by atoms with van der Waals surface area (Å²) in [6.45, 7) is 2.27. The summed E-state index contributed by atoms with van der Waals surface area (Å²) in [6, 6.07) is 7.88. The van der Waals surface area contributed by atoms with Crippen molar-refractivity contribution in [2.45, 2.75) is 25.3 Å². The van der Waals surface area contributed by atoms with Crippen LogP contribution in [0.5, 0.6) is 0 Å². The van der Waals surface area contributed by atoms with E-state index in [1.54, 1.807) is 0 Å². The van der Waals surface area contributed by atoms with Crippen molar-refractivity contribution < 1.29 is 9.53 Å². The fraction of sp³-hybridized carbons (Fsp3) is 0.500. The number of esters is 1. The molecule has 1 fully saturated rings. The van der Waals surface area contributed by atoms with Crippen molar-refractivity contribution in [3.05, 3.63) is 29.8 Å². The average Bonchev–Trinajstić information content (AvgIpc) is 2.92. The van der Waals surface area contributed by atoms with Gasteiger partial charge in [0.25, 0.3) is 0 Å². The van der Waals surface area contributed by atoms with Gasteiger partial charge in [0.15, 0.2) is 0 Å². The average molecular weight is 248 g/mol. The number of nitrogens with two attached hydrogens (primary N) is 1. The first kappa shape index (κ1) is 12.9. The molecule has 1 aliphatic heterocycles. The molecule has 98 valence electrons. The van der Waals surface area contributed by atoms with E-state index in [2.05, 4.69) is 21.8 Å². The van der Waals surface area contributed by atoms with E-state index in [4.69, 9.17) is 5.73 Å². The van der Waals surface area contributed by atoms with Crippen molar-refractivity contribution in [1.82, 2.24) is 0 Å². The van der Waals surface area contributed by atoms with Crippen molar-refractivity contribution in [1.29, 1.82) is 0 Å². The van der Waals surface area contributed by atoms with E-state index in [1.165, 1.54) is 25.6 Å². The molecule has 2 N–H and O–H groups in total. The van der Waals surface area contributed by atoms with E-state index in [-0.39, 0.29) is 18.4 Å². The molecular formula is C14H20N2O2. The van der Waals surface area contributed by atoms with Crippen molar-refractivity contribution in [2.24, 2.45) is 5.73 Å². The van der Waals surface area contributed by atoms with Gasteiger partial charge in [-0.3, -0.25) is 4.79 Å². The lowest BCUT2D eigenvalue weighted by atomic mass is 10.0. The van der Waals surface area contributed by atoms with Crippen LogP contribution in [0, 0.1) is 0 Å². The van der Waals surface area contributed by atoms with Gasteiger partial charge < -0.3 is 15.4 Å². The van der Waals surface area contributed by atoms with Crippen LogP contribution >= 0.6 is 0 Å². The van der Waals surface area contributed by atoms with Crippen LogP contribution < -0.4 is 10.6 Å². The summed E-state index contributed by atoms with van der Waals surface area (Å²) in [6.07, 6.45) is 2.76. The van der Waals surface area contributed by atoms with Gasteiger partial charge in [-0.05, 0) is 30.5 Å². The summed E-state index contributed by atoms with van der Waals surface area (Å²) in [5.41, 5.74) is 8.17. The number of carbonyl (C=O) groups is 1. The number of carbonyl (C=O) groups excluding carboxylic acids is 1. The van der Waals surface area contributed by atoms with Crippen LogP contribution in [-0.2, 0) is 9.53 Å². The smallest absolute Gasteiger partial charge is 0.307 e. The molecular weight excluding hydrogens is 228 g/mol. The molecule has 1 saturated heterocycles. The predicted molar refractivity (Wildman–Crippen MR) is 71.5 cm³/mol. The van der Waals surface area contributed by atoms with Gasteiger partial charge >= 0.3 is 5.97 Å². The highest BCUT2D eigenvalue weighted by Crippen LogP contribution is 2.23. The summed E-state index contributed by atoms with van der Waals surface area (Å²) < 4.78 is 4.62. The molecule has 0 amide bonds. The van der Waals surface area contributed by atoms with Crippen LogP contribution in [0.2, 0.25) is 0 Å². The zero-order valence-electron chi connectivity index (χ0n) is 10.8. The Balaban J connectivity index is 2.00. The number of anilines is 1. The van der Waals surface area contributed by atoms with Gasteiger partial charge in [-0.1, -0.05) is 12.1 Å². The fourth-order valence-electron chi connectivity index (χ4n) is 2.29. The van der Waals surface area contributed by atoms with E-state index in [9.17, 15) is 4.79 Å². The number of benzene rings is 1. The second-order valence-corrected chi connectivity index (χ2v) is 4.67. The molecule has 0 spiro atoms. The normalized spacial score (nSPS) is 16.7. The molecule has 1 aromatic carbocycles. The van der Waals surface area contributed by atoms with Gasteiger partial charge in [0.05, 0.1) is 13.5 Å². The molecule has 0 saturated carbocycles. The number of hydrogen-bond acceptors (Lipinski definition) is 4. The lowest BCUT2D eigenvalue weighted by molar-refractivity contribution is -0.141. The first-order valence-electron chi connectivity index (χ1n) is 6.38. The van der Waals surface area contributed by atoms with Gasteiger partial charge in [0.2, 0.25) is 0 Å². The Morgan fingerprint density at radius 3 is 2.50 bits per heavy atom. The Kier molecular flexibility index (Phi) is 4.20. The summed E-state index contributed by atoms with van der Waals surface area (Å²) in [7, 11) is 1.38. The zero-order chi connectivity index (χ0) is 13.0. The molecule has 0 bridgehead atoms. The number of methoxy groups -OCH3 is 1. The van der Waals surface area contributed by atoms with Crippen LogP contribution in [0.1, 0.15) is 30.9 Å². The number of nitrogens with zero attached hydrogens (tertiary/aromatic N) is 1. The number of ether oxygens (including phenoxy) is 1. The molecule has 0 radical (unpaired) electrons. The predicted octanol–water partition coefficient (Wildman–Crippen LogP) is 1.85. The van der Waals surface area contributed by atoms with E-state index in [1.807, 2.05) is 12.1 Å². The Bertz CT molecular complexity index is 397. The van der Waals surface area contributed by atoms with Crippen LogP contribution in [0.15, 0.2) is 24.3 Å². The van der Waals surface area contributed by atoms with Crippen LogP contribution in [0.3, 0.4) is 0 Å². The second kappa shape index (κ2) is 5.87. The molecule has 4 nitrogen and oxygen atoms in total. The minimum Gasteiger partial charge on any atom is -0.469 e. The molecule has 2 rings (SSSR count). The highest BCUT2D eigenvalue weighted by molar-refractivity contribution is 5.70. The fourth-order valence-corrected chi connectivity index (χ4v) is 2.29. The molecule has 1 aliphatic rings. The van der Waals surface area contributed by atoms with E-state index < -0.39 is 0 Å². The first-order chi connectivity index (χ1) is 8.70. The minimum atomic E-state index is -0.287. The topological polar surface area (TPSA) is 55.6 Å². The quantitative estimate of drug-likeness (QED) is 0.826. The molecule has 0 aliphatic carbocycles. The molecule has 0 unspecified atom stereocenters. The highest BCUT2D eigenvalue weighted by atomic mass is 16.5. The maximum absolute atomic E-state index is 11.2. The van der Waals surface area contributed by atoms with Crippen molar-refractivity contribution in [3.63, 3.8) is 0 Å². The standard InChI is InChI=1S/C14H20N2O2/c1-18-14(17)10-13(15)11-4-6-12(7-5-11)16-8-2-3-9-16/h4-7,13H,2-3,8-10,15H2,1H3/t13-/m1/s1. The van der Waals surface area contributed by atoms with Crippen LogP contribution in [0.25, 0.3) is 0 Å². The summed E-state index contributed by atoms with van der Waals surface area (Å²) in [4.78, 5) is 13.5. The van der Waals surface area contributed by atoms with Gasteiger partial charge in [-0.2, -0.15) is 0 Å². The van der Waals surface area contributed by atoms with Gasteiger partial charge in [0.1, 0.15) is 0 Å². The van der Waals surface area contributed by atoms with Crippen molar-refractivity contribution in [2.75, 3.05) is 25.1 Å². The van der Waals surface area contributed by atoms with Crippen LogP contribution in [-0.4, -0.2) is 26.2 Å². The third-order valence-electron chi connectivity index (χ3n) is 3.41. The van der Waals surface area contributed by atoms with Crippen molar-refractivity contribution >= 4 is 11.7 Å². The monoisotopic (exact) mass is 248 g/mol. The Hall–Kier alpha value is -1.55. The molecule has 1 heterocycles. The van der Waals surface area contributed by atoms with Gasteiger partial charge in [-0.15, -0.1) is 0 Å². The van der Waals surface area contributed by atoms with Gasteiger partial charge in [-0.25, -0.2) is 0 Å². The summed E-state index contributed by atoms with van der Waals surface area (Å²) in [5, 5.41) is 0. The van der Waals surface area contributed by atoms with Gasteiger partial charge in [0, 0.05) is 24.8 Å². The third-order valence-corrected chi connectivity index (χ3v) is 3.41. The SMILES string of the molecule is COC(=O)C[C@@H](N)c1ccc(N2CCCC2)cc1. The summed E-state index contributed by atoms with van der Waals surface area (Å²) >= 11 is 0. The van der Waals surface area contributed by atoms with Crippen LogP contribution in [0.4, 0.5) is 5.69 Å². The molecule has 18 heavy (non-hydrogen) atoms. The largest absolute Gasteiger partial charge is 0.469 e. The molecule has 1 atom stereocenters. The Morgan fingerprint density at radius 2 is 1.94 bits per heavy atom. The van der Waals surface area contributed by atoms with Crippen molar-refractivity contribution in [3.8, 4) is 0 Å². The number of hydrogen-bond donors (Lipinski definition) is 1. The van der Waals surface area contributed by atoms with E-state index >= 15 is 0 Å². The zero-order valence-corrected chi connectivity index (χ0v) is 10.8. The lowest BCUT2D eigenvalue weighted by Gasteiger charge is -2.18. The number of rotatable bonds is 4. The summed E-state index contributed by atoms with van der Waals surface area (Å²) in [5.74, 6) is -0.272. The van der Waals surface area contributed by atoms with E-state index in [0.29, 0.717) is 0 Å². The minimum absolute atomic E-state index is 0.222. The Morgan fingerprint density at radius 1 is 1.33 bits per heavy atom. The molecule has 4 heteroatoms. The third kappa shape index (κ3) is 3.01. The lowest BCUT2D eigenvalue weighted by Crippen LogP contribution is -2.18. The Labute approximate surface area is 108 Å². The molecule has 1 aromatic rings. The molecule has 0 aromatic heterocycles. The maximum atomic E-state index is 11.2. The van der Waals surface area contributed by atoms with E-state index in [0.717, 1.165) is 18.7 Å². The first-order valence-corrected chi connectivity index (χ1v) is 6.38.